The Bertz CT molecular complexity index is 422. The largest absolute Gasteiger partial charge is 0.330 e. The zero-order valence-electron chi connectivity index (χ0n) is 7.09. The van der Waals surface area contributed by atoms with Gasteiger partial charge in [-0.05, 0) is 46.6 Å². The number of fused-ring (bicyclic) bond motifs is 1. The summed E-state index contributed by atoms with van der Waals surface area (Å²) in [6, 6.07) is 6.52. The molecule has 1 heterocycles. The topological polar surface area (TPSA) is 26.0 Å². The first-order chi connectivity index (χ1) is 6.31. The van der Waals surface area contributed by atoms with Crippen molar-refractivity contribution in [3.8, 4) is 0 Å². The van der Waals surface area contributed by atoms with Crippen LogP contribution >= 0.6 is 27.3 Å². The van der Waals surface area contributed by atoms with E-state index in [0.29, 0.717) is 6.54 Å². The lowest BCUT2D eigenvalue weighted by atomic mass is 10.1. The second kappa shape index (κ2) is 3.78. The van der Waals surface area contributed by atoms with Crippen molar-refractivity contribution >= 4 is 37.4 Å². The molecule has 68 valence electrons. The number of nitrogens with two attached hydrogens (primary N) is 1. The van der Waals surface area contributed by atoms with E-state index in [-0.39, 0.29) is 0 Å². The molecular weight excluding hydrogens is 246 g/mol. The van der Waals surface area contributed by atoms with E-state index in [9.17, 15) is 0 Å². The van der Waals surface area contributed by atoms with Crippen LogP contribution in [0.2, 0.25) is 0 Å². The summed E-state index contributed by atoms with van der Waals surface area (Å²) in [7, 11) is 0. The lowest BCUT2D eigenvalue weighted by Gasteiger charge is -1.98. The normalized spacial score (nSPS) is 10.9. The molecule has 0 atom stereocenters. The van der Waals surface area contributed by atoms with Crippen LogP contribution < -0.4 is 5.73 Å². The number of hydrogen-bond acceptors (Lipinski definition) is 2. The van der Waals surface area contributed by atoms with E-state index >= 15 is 0 Å². The highest BCUT2D eigenvalue weighted by Crippen LogP contribution is 2.30. The number of rotatable bonds is 2. The Morgan fingerprint density at radius 1 is 1.38 bits per heavy atom. The van der Waals surface area contributed by atoms with Crippen LogP contribution in [-0.2, 0) is 6.42 Å². The van der Waals surface area contributed by atoms with Gasteiger partial charge >= 0.3 is 0 Å². The van der Waals surface area contributed by atoms with Crippen LogP contribution in [0.15, 0.2) is 28.1 Å². The Kier molecular flexibility index (Phi) is 2.67. The van der Waals surface area contributed by atoms with Crippen molar-refractivity contribution < 1.29 is 0 Å². The van der Waals surface area contributed by atoms with Gasteiger partial charge in [-0.25, -0.2) is 0 Å². The molecule has 0 saturated carbocycles. The molecule has 0 saturated heterocycles. The summed E-state index contributed by atoms with van der Waals surface area (Å²) >= 11 is 5.29. The van der Waals surface area contributed by atoms with E-state index in [0.717, 1.165) is 6.42 Å². The maximum atomic E-state index is 5.51. The molecule has 0 aliphatic carbocycles. The maximum absolute atomic E-state index is 5.51. The van der Waals surface area contributed by atoms with E-state index in [2.05, 4.69) is 39.5 Å². The molecule has 1 aromatic carbocycles. The van der Waals surface area contributed by atoms with E-state index < -0.39 is 0 Å². The van der Waals surface area contributed by atoms with Crippen LogP contribution in [0, 0.1) is 0 Å². The molecule has 0 radical (unpaired) electrons. The Hall–Kier alpha value is -0.380. The molecule has 3 heteroatoms. The quantitative estimate of drug-likeness (QED) is 0.877. The summed E-state index contributed by atoms with van der Waals surface area (Å²) in [6.45, 7) is 0.716. The first kappa shape index (κ1) is 9.19. The van der Waals surface area contributed by atoms with Crippen LogP contribution in [0.4, 0.5) is 0 Å². The summed E-state index contributed by atoms with van der Waals surface area (Å²) in [4.78, 5) is 0. The van der Waals surface area contributed by atoms with Gasteiger partial charge in [-0.1, -0.05) is 6.07 Å². The molecule has 2 aromatic rings. The standard InChI is InChI=1S/C10H10BrNS/c11-9-6-13-10-2-1-7(3-4-12)5-8(9)10/h1-2,5-6H,3-4,12H2. The fourth-order valence-corrected chi connectivity index (χ4v) is 2.91. The molecule has 1 aromatic heterocycles. The Balaban J connectivity index is 2.53. The molecular formula is C10H10BrNS. The fraction of sp³-hybridized carbons (Fsp3) is 0.200. The third kappa shape index (κ3) is 1.77. The molecule has 13 heavy (non-hydrogen) atoms. The Labute approximate surface area is 89.7 Å². The minimum atomic E-state index is 0.716. The zero-order chi connectivity index (χ0) is 9.26. The van der Waals surface area contributed by atoms with Gasteiger partial charge in [0.25, 0.3) is 0 Å². The van der Waals surface area contributed by atoms with Gasteiger partial charge in [-0.15, -0.1) is 11.3 Å². The van der Waals surface area contributed by atoms with E-state index in [1.165, 1.54) is 20.1 Å². The van der Waals surface area contributed by atoms with Gasteiger partial charge in [0.2, 0.25) is 0 Å². The lowest BCUT2D eigenvalue weighted by molar-refractivity contribution is 0.971. The smallest absolute Gasteiger partial charge is 0.0361 e. The number of halogens is 1. The first-order valence-corrected chi connectivity index (χ1v) is 5.84. The predicted molar refractivity (Wildman–Crippen MR) is 62.3 cm³/mol. The van der Waals surface area contributed by atoms with E-state index in [1.807, 2.05) is 0 Å². The molecule has 0 amide bonds. The van der Waals surface area contributed by atoms with Crippen molar-refractivity contribution in [1.82, 2.24) is 0 Å². The maximum Gasteiger partial charge on any atom is 0.0361 e. The Morgan fingerprint density at radius 2 is 2.23 bits per heavy atom. The van der Waals surface area contributed by atoms with Gasteiger partial charge in [0.15, 0.2) is 0 Å². The minimum absolute atomic E-state index is 0.716. The molecule has 0 aliphatic heterocycles. The molecule has 0 unspecified atom stereocenters. The highest BCUT2D eigenvalue weighted by atomic mass is 79.9. The van der Waals surface area contributed by atoms with Gasteiger partial charge in [-0.2, -0.15) is 0 Å². The second-order valence-corrected chi connectivity index (χ2v) is 4.72. The Morgan fingerprint density at radius 3 is 3.00 bits per heavy atom. The van der Waals surface area contributed by atoms with Crippen LogP contribution in [0.3, 0.4) is 0 Å². The molecule has 2 N–H and O–H groups in total. The third-order valence-corrected chi connectivity index (χ3v) is 3.95. The van der Waals surface area contributed by atoms with Crippen molar-refractivity contribution in [2.75, 3.05) is 6.54 Å². The van der Waals surface area contributed by atoms with Crippen molar-refractivity contribution in [1.29, 1.82) is 0 Å². The minimum Gasteiger partial charge on any atom is -0.330 e. The third-order valence-electron chi connectivity index (χ3n) is 2.02. The van der Waals surface area contributed by atoms with Gasteiger partial charge in [0.1, 0.15) is 0 Å². The summed E-state index contributed by atoms with van der Waals surface area (Å²) in [5.74, 6) is 0. The SMILES string of the molecule is NCCc1ccc2scc(Br)c2c1. The number of hydrogen-bond donors (Lipinski definition) is 1. The van der Waals surface area contributed by atoms with E-state index in [4.69, 9.17) is 5.73 Å². The van der Waals surface area contributed by atoms with Crippen molar-refractivity contribution in [2.45, 2.75) is 6.42 Å². The summed E-state index contributed by atoms with van der Waals surface area (Å²) in [5.41, 5.74) is 6.82. The summed E-state index contributed by atoms with van der Waals surface area (Å²) in [6.07, 6.45) is 0.957. The molecule has 0 bridgehead atoms. The molecule has 0 spiro atoms. The van der Waals surface area contributed by atoms with Crippen LogP contribution in [-0.4, -0.2) is 6.54 Å². The average molecular weight is 256 g/mol. The highest BCUT2D eigenvalue weighted by molar-refractivity contribution is 9.10. The number of thiophene rings is 1. The fourth-order valence-electron chi connectivity index (χ4n) is 1.37. The molecule has 2 rings (SSSR count). The summed E-state index contributed by atoms with van der Waals surface area (Å²) in [5, 5.41) is 3.42. The van der Waals surface area contributed by atoms with Gasteiger partial charge in [0.05, 0.1) is 0 Å². The summed E-state index contributed by atoms with van der Waals surface area (Å²) < 4.78 is 2.51. The van der Waals surface area contributed by atoms with Gasteiger partial charge in [-0.3, -0.25) is 0 Å². The van der Waals surface area contributed by atoms with Crippen LogP contribution in [0.1, 0.15) is 5.56 Å². The molecule has 1 nitrogen and oxygen atoms in total. The van der Waals surface area contributed by atoms with Crippen molar-refractivity contribution in [3.63, 3.8) is 0 Å². The predicted octanol–water partition coefficient (Wildman–Crippen LogP) is 3.17. The highest BCUT2D eigenvalue weighted by Gasteiger charge is 2.01. The average Bonchev–Trinajstić information content (AvgIpc) is 2.49. The number of benzene rings is 1. The van der Waals surface area contributed by atoms with E-state index in [1.54, 1.807) is 11.3 Å². The van der Waals surface area contributed by atoms with Gasteiger partial charge in [0, 0.05) is 19.9 Å². The van der Waals surface area contributed by atoms with Crippen LogP contribution in [0.25, 0.3) is 10.1 Å². The van der Waals surface area contributed by atoms with Gasteiger partial charge < -0.3 is 5.73 Å². The molecule has 0 aliphatic rings. The van der Waals surface area contributed by atoms with Crippen LogP contribution in [0.5, 0.6) is 0 Å². The second-order valence-electron chi connectivity index (χ2n) is 2.95. The lowest BCUT2D eigenvalue weighted by Crippen LogP contribution is -2.02. The monoisotopic (exact) mass is 255 g/mol. The zero-order valence-corrected chi connectivity index (χ0v) is 9.49. The van der Waals surface area contributed by atoms with Crippen molar-refractivity contribution in [2.24, 2.45) is 5.73 Å². The first-order valence-electron chi connectivity index (χ1n) is 4.17. The molecule has 0 fully saturated rings. The van der Waals surface area contributed by atoms with Crippen molar-refractivity contribution in [3.05, 3.63) is 33.6 Å².